The Morgan fingerprint density at radius 2 is 1.14 bits per heavy atom. The van der Waals surface area contributed by atoms with Crippen molar-refractivity contribution in [1.29, 1.82) is 0 Å². The Kier molecular flexibility index (Phi) is 12.9. The van der Waals surface area contributed by atoms with Crippen molar-refractivity contribution in [3.63, 3.8) is 0 Å². The minimum atomic E-state index is -4.68. The number of hydrogen-bond acceptors (Lipinski definition) is 5. The van der Waals surface area contributed by atoms with Crippen molar-refractivity contribution < 1.29 is 37.0 Å². The van der Waals surface area contributed by atoms with Crippen molar-refractivity contribution in [2.24, 2.45) is 5.92 Å². The zero-order valence-electron chi connectivity index (χ0n) is 24.3. The molecule has 42 heavy (non-hydrogen) atoms. The van der Waals surface area contributed by atoms with Crippen LogP contribution in [0.4, 0.5) is 13.2 Å². The number of hydrogen-bond donors (Lipinski definition) is 0. The lowest BCUT2D eigenvalue weighted by atomic mass is 10.0. The van der Waals surface area contributed by atoms with E-state index in [-0.39, 0.29) is 24.3 Å². The highest BCUT2D eigenvalue weighted by atomic mass is 19.4. The molecule has 1 atom stereocenters. The van der Waals surface area contributed by atoms with Gasteiger partial charge in [-0.15, -0.1) is 0 Å². The van der Waals surface area contributed by atoms with Gasteiger partial charge in [-0.1, -0.05) is 83.1 Å². The Bertz CT molecular complexity index is 1240. The maximum absolute atomic E-state index is 13.2. The van der Waals surface area contributed by atoms with Crippen molar-refractivity contribution in [3.8, 4) is 28.4 Å². The third-order valence-corrected chi connectivity index (χ3v) is 6.85. The highest BCUT2D eigenvalue weighted by Gasteiger charge is 2.45. The summed E-state index contributed by atoms with van der Waals surface area (Å²) >= 11 is 0. The molecule has 3 aromatic rings. The summed E-state index contributed by atoms with van der Waals surface area (Å²) in [5.41, 5.74) is 2.24. The predicted octanol–water partition coefficient (Wildman–Crippen LogP) is 9.59. The lowest BCUT2D eigenvalue weighted by Gasteiger charge is -2.18. The number of carbonyl (C=O) groups is 2. The minimum Gasteiger partial charge on any atom is -0.494 e. The van der Waals surface area contributed by atoms with E-state index < -0.39 is 24.0 Å². The summed E-state index contributed by atoms with van der Waals surface area (Å²) in [5, 5.41) is 0. The number of alkyl halides is 3. The van der Waals surface area contributed by atoms with Crippen LogP contribution in [0.2, 0.25) is 0 Å². The van der Waals surface area contributed by atoms with E-state index in [2.05, 4.69) is 6.92 Å². The summed E-state index contributed by atoms with van der Waals surface area (Å²) in [5.74, 6) is -3.20. The second kappa shape index (κ2) is 16.6. The molecule has 0 heterocycles. The van der Waals surface area contributed by atoms with Gasteiger partial charge < -0.3 is 14.2 Å². The lowest BCUT2D eigenvalue weighted by Crippen LogP contribution is -2.33. The highest BCUT2D eigenvalue weighted by molar-refractivity contribution is 5.91. The Morgan fingerprint density at radius 1 is 0.643 bits per heavy atom. The van der Waals surface area contributed by atoms with Gasteiger partial charge in [-0.25, -0.2) is 4.79 Å². The fourth-order valence-corrected chi connectivity index (χ4v) is 4.37. The molecule has 3 aromatic carbocycles. The molecule has 5 nitrogen and oxygen atoms in total. The normalized spacial score (nSPS) is 12.0. The van der Waals surface area contributed by atoms with Crippen molar-refractivity contribution in [2.45, 2.75) is 77.8 Å². The molecular weight excluding hydrogens is 545 g/mol. The zero-order valence-corrected chi connectivity index (χ0v) is 24.3. The van der Waals surface area contributed by atoms with Crippen LogP contribution in [0.25, 0.3) is 11.1 Å². The van der Waals surface area contributed by atoms with E-state index in [0.29, 0.717) is 18.6 Å². The molecule has 0 bridgehead atoms. The first-order valence-electron chi connectivity index (χ1n) is 14.6. The van der Waals surface area contributed by atoms with Gasteiger partial charge in [0, 0.05) is 0 Å². The molecule has 0 aliphatic heterocycles. The van der Waals surface area contributed by atoms with Crippen LogP contribution in [0.5, 0.6) is 17.2 Å². The molecule has 0 saturated carbocycles. The quantitative estimate of drug-likeness (QED) is 0.0953. The second-order valence-corrected chi connectivity index (χ2v) is 10.2. The average Bonchev–Trinajstić information content (AvgIpc) is 2.97. The van der Waals surface area contributed by atoms with Crippen LogP contribution in [0, 0.1) is 5.92 Å². The van der Waals surface area contributed by atoms with E-state index in [1.165, 1.54) is 56.4 Å². The van der Waals surface area contributed by atoms with E-state index in [9.17, 15) is 22.8 Å². The summed E-state index contributed by atoms with van der Waals surface area (Å²) in [6.07, 6.45) is 3.07. The number of benzene rings is 3. The van der Waals surface area contributed by atoms with E-state index >= 15 is 0 Å². The van der Waals surface area contributed by atoms with Crippen molar-refractivity contribution in [3.05, 3.63) is 78.4 Å². The second-order valence-electron chi connectivity index (χ2n) is 10.2. The van der Waals surface area contributed by atoms with Crippen molar-refractivity contribution >= 4 is 11.9 Å². The third kappa shape index (κ3) is 10.5. The first-order valence-corrected chi connectivity index (χ1v) is 14.6. The number of unbranched alkanes of at least 4 members (excludes halogenated alkanes) is 6. The molecule has 0 amide bonds. The SMILES string of the molecule is CCCCCCCCOc1ccc(-c2ccc(C(=O)Oc3ccc(OC(=O)C(CCCC)C(F)(F)F)cc3)cc2)cc1. The van der Waals surface area contributed by atoms with Crippen molar-refractivity contribution in [1.82, 2.24) is 0 Å². The molecule has 1 unspecified atom stereocenters. The van der Waals surface area contributed by atoms with Crippen LogP contribution in [-0.2, 0) is 4.79 Å². The molecule has 0 radical (unpaired) electrons. The molecule has 0 N–H and O–H groups in total. The van der Waals surface area contributed by atoms with E-state index in [1.807, 2.05) is 36.4 Å². The highest BCUT2D eigenvalue weighted by Crippen LogP contribution is 2.32. The smallest absolute Gasteiger partial charge is 0.402 e. The maximum atomic E-state index is 13.2. The minimum absolute atomic E-state index is 0.0614. The van der Waals surface area contributed by atoms with Gasteiger partial charge in [0.2, 0.25) is 0 Å². The molecule has 3 rings (SSSR count). The maximum Gasteiger partial charge on any atom is 0.402 e. The molecule has 0 fully saturated rings. The van der Waals surface area contributed by atoms with Gasteiger partial charge >= 0.3 is 18.1 Å². The summed E-state index contributed by atoms with van der Waals surface area (Å²) in [4.78, 5) is 24.7. The van der Waals surface area contributed by atoms with Crippen molar-refractivity contribution in [2.75, 3.05) is 6.61 Å². The Balaban J connectivity index is 1.49. The van der Waals surface area contributed by atoms with Gasteiger partial charge in [-0.05, 0) is 72.5 Å². The van der Waals surface area contributed by atoms with Gasteiger partial charge in [-0.3, -0.25) is 4.79 Å². The number of ether oxygens (including phenoxy) is 3. The number of esters is 2. The van der Waals surface area contributed by atoms with Crippen LogP contribution < -0.4 is 14.2 Å². The van der Waals surface area contributed by atoms with Gasteiger partial charge in [-0.2, -0.15) is 13.2 Å². The van der Waals surface area contributed by atoms with Gasteiger partial charge in [0.15, 0.2) is 5.92 Å². The van der Waals surface area contributed by atoms with Crippen LogP contribution >= 0.6 is 0 Å². The standard InChI is InChI=1S/C34H39F3O5/c1-3-5-7-8-9-10-24-40-28-18-16-26(17-19-28)25-12-14-27(15-13-25)32(38)41-29-20-22-30(23-21-29)42-33(39)31(11-6-4-2)34(35,36)37/h12-23,31H,3-11,24H2,1-2H3. The Hall–Kier alpha value is -3.81. The largest absolute Gasteiger partial charge is 0.494 e. The lowest BCUT2D eigenvalue weighted by molar-refractivity contribution is -0.193. The molecule has 226 valence electrons. The molecular formula is C34H39F3O5. The van der Waals surface area contributed by atoms with Gasteiger partial charge in [0.1, 0.15) is 17.2 Å². The molecule has 0 spiro atoms. The van der Waals surface area contributed by atoms with E-state index in [1.54, 1.807) is 19.1 Å². The molecule has 0 aliphatic carbocycles. The number of halogens is 3. The average molecular weight is 585 g/mol. The van der Waals surface area contributed by atoms with Crippen LogP contribution in [0.15, 0.2) is 72.8 Å². The molecule has 0 saturated heterocycles. The van der Waals surface area contributed by atoms with Gasteiger partial charge in [0.05, 0.1) is 12.2 Å². The van der Waals surface area contributed by atoms with Crippen LogP contribution in [0.3, 0.4) is 0 Å². The van der Waals surface area contributed by atoms with Crippen LogP contribution in [-0.4, -0.2) is 24.7 Å². The Morgan fingerprint density at radius 3 is 1.71 bits per heavy atom. The Labute approximate surface area is 246 Å². The zero-order chi connectivity index (χ0) is 30.4. The molecule has 8 heteroatoms. The van der Waals surface area contributed by atoms with Crippen LogP contribution in [0.1, 0.15) is 82.0 Å². The number of rotatable bonds is 16. The molecule has 0 aliphatic rings. The van der Waals surface area contributed by atoms with Gasteiger partial charge in [0.25, 0.3) is 0 Å². The van der Waals surface area contributed by atoms with E-state index in [0.717, 1.165) is 23.3 Å². The summed E-state index contributed by atoms with van der Waals surface area (Å²) in [6, 6.07) is 20.1. The number of carbonyl (C=O) groups excluding carboxylic acids is 2. The van der Waals surface area contributed by atoms with E-state index in [4.69, 9.17) is 14.2 Å². The topological polar surface area (TPSA) is 61.8 Å². The first kappa shape index (κ1) is 32.7. The summed E-state index contributed by atoms with van der Waals surface area (Å²) in [7, 11) is 0. The summed E-state index contributed by atoms with van der Waals surface area (Å²) in [6.45, 7) is 4.66. The third-order valence-electron chi connectivity index (χ3n) is 6.85. The predicted molar refractivity (Wildman–Crippen MR) is 157 cm³/mol. The molecule has 0 aromatic heterocycles. The first-order chi connectivity index (χ1) is 20.2. The fourth-order valence-electron chi connectivity index (χ4n) is 4.37. The fraction of sp³-hybridized carbons (Fsp3) is 0.412. The summed E-state index contributed by atoms with van der Waals surface area (Å²) < 4.78 is 55.8. The monoisotopic (exact) mass is 584 g/mol.